The summed E-state index contributed by atoms with van der Waals surface area (Å²) in [4.78, 5) is 26.0. The average Bonchev–Trinajstić information content (AvgIpc) is 2.91. The zero-order valence-corrected chi connectivity index (χ0v) is 15.2. The molecule has 1 amide bonds. The van der Waals surface area contributed by atoms with Crippen LogP contribution in [0.3, 0.4) is 0 Å². The van der Waals surface area contributed by atoms with Crippen molar-refractivity contribution in [2.45, 2.75) is 32.1 Å². The number of hydrogen-bond acceptors (Lipinski definition) is 7. The third-order valence-electron chi connectivity index (χ3n) is 5.00. The molecule has 3 rings (SSSR count). The maximum absolute atomic E-state index is 12.4. The Morgan fingerprint density at radius 3 is 2.76 bits per heavy atom. The van der Waals surface area contributed by atoms with Crippen LogP contribution in [0.5, 0.6) is 0 Å². The predicted molar refractivity (Wildman–Crippen MR) is 99.8 cm³/mol. The number of likely N-dealkylation sites (N-methyl/N-ethyl adjacent to an activating group) is 1. The van der Waals surface area contributed by atoms with Crippen LogP contribution < -0.4 is 16.4 Å². The van der Waals surface area contributed by atoms with Crippen molar-refractivity contribution in [1.82, 2.24) is 19.8 Å². The number of anilines is 3. The van der Waals surface area contributed by atoms with Crippen LogP contribution in [0.4, 0.5) is 17.5 Å². The molecule has 8 nitrogen and oxygen atoms in total. The Kier molecular flexibility index (Phi) is 5.70. The molecule has 3 heterocycles. The largest absolute Gasteiger partial charge is 0.382 e. The van der Waals surface area contributed by atoms with Gasteiger partial charge in [-0.15, -0.1) is 0 Å². The number of rotatable bonds is 7. The lowest BCUT2D eigenvalue weighted by Gasteiger charge is -2.32. The number of nitrogens with zero attached hydrogens (tertiary/aromatic N) is 4. The van der Waals surface area contributed by atoms with Crippen molar-refractivity contribution in [2.75, 3.05) is 62.7 Å². The second-order valence-corrected chi connectivity index (χ2v) is 6.95. The van der Waals surface area contributed by atoms with Gasteiger partial charge in [-0.2, -0.15) is 4.98 Å². The van der Waals surface area contributed by atoms with E-state index in [0.717, 1.165) is 64.2 Å². The molecule has 138 valence electrons. The molecular weight excluding hydrogens is 318 g/mol. The predicted octanol–water partition coefficient (Wildman–Crippen LogP) is 0.944. The van der Waals surface area contributed by atoms with Crippen molar-refractivity contribution >= 4 is 23.4 Å². The minimum absolute atomic E-state index is 0.0177. The van der Waals surface area contributed by atoms with Gasteiger partial charge in [-0.3, -0.25) is 4.79 Å². The first-order chi connectivity index (χ1) is 12.1. The van der Waals surface area contributed by atoms with Gasteiger partial charge in [0.05, 0.1) is 11.6 Å². The van der Waals surface area contributed by atoms with Gasteiger partial charge < -0.3 is 26.2 Å². The van der Waals surface area contributed by atoms with Gasteiger partial charge in [0, 0.05) is 32.7 Å². The molecule has 2 aliphatic heterocycles. The smallest absolute Gasteiger partial charge is 0.233 e. The lowest BCUT2D eigenvalue weighted by molar-refractivity contribution is -0.117. The molecule has 25 heavy (non-hydrogen) atoms. The third kappa shape index (κ3) is 4.19. The van der Waals surface area contributed by atoms with Crippen molar-refractivity contribution in [2.24, 2.45) is 0 Å². The van der Waals surface area contributed by atoms with E-state index in [1.165, 1.54) is 0 Å². The molecule has 0 aliphatic carbocycles. The van der Waals surface area contributed by atoms with Gasteiger partial charge in [0.15, 0.2) is 5.82 Å². The van der Waals surface area contributed by atoms with Crippen LogP contribution in [0.25, 0.3) is 0 Å². The summed E-state index contributed by atoms with van der Waals surface area (Å²) in [7, 11) is 2.14. The van der Waals surface area contributed by atoms with Crippen LogP contribution in [0.2, 0.25) is 0 Å². The zero-order chi connectivity index (χ0) is 17.8. The summed E-state index contributed by atoms with van der Waals surface area (Å²) in [6, 6.07) is 0. The van der Waals surface area contributed by atoms with Crippen LogP contribution in [0, 0.1) is 0 Å². The van der Waals surface area contributed by atoms with Crippen LogP contribution in [-0.2, 0) is 4.79 Å². The van der Waals surface area contributed by atoms with E-state index in [0.29, 0.717) is 17.5 Å². The van der Waals surface area contributed by atoms with E-state index < -0.39 is 0 Å². The van der Waals surface area contributed by atoms with Gasteiger partial charge >= 0.3 is 0 Å². The Bertz CT molecular complexity index is 613. The van der Waals surface area contributed by atoms with Crippen molar-refractivity contribution in [3.05, 3.63) is 5.69 Å². The van der Waals surface area contributed by atoms with Crippen LogP contribution in [0.15, 0.2) is 0 Å². The van der Waals surface area contributed by atoms with E-state index in [1.807, 2.05) is 0 Å². The van der Waals surface area contributed by atoms with Crippen molar-refractivity contribution in [1.29, 1.82) is 0 Å². The molecular formula is C17H29N7O. The van der Waals surface area contributed by atoms with Gasteiger partial charge in [-0.1, -0.05) is 13.3 Å². The highest BCUT2D eigenvalue weighted by atomic mass is 16.2. The van der Waals surface area contributed by atoms with Crippen LogP contribution in [-0.4, -0.2) is 72.0 Å². The second kappa shape index (κ2) is 7.97. The Hall–Kier alpha value is -1.93. The van der Waals surface area contributed by atoms with Crippen molar-refractivity contribution in [3.8, 4) is 0 Å². The number of fused-ring (bicyclic) bond motifs is 1. The summed E-state index contributed by atoms with van der Waals surface area (Å²) < 4.78 is 0. The molecule has 1 aromatic heterocycles. The summed E-state index contributed by atoms with van der Waals surface area (Å²) in [5.41, 5.74) is 7.37. The fourth-order valence-corrected chi connectivity index (χ4v) is 3.32. The molecule has 0 aromatic carbocycles. The van der Waals surface area contributed by atoms with Crippen LogP contribution in [0.1, 0.15) is 37.8 Å². The zero-order valence-electron chi connectivity index (χ0n) is 15.2. The minimum atomic E-state index is -0.244. The van der Waals surface area contributed by atoms with E-state index in [9.17, 15) is 4.79 Å². The van der Waals surface area contributed by atoms with Gasteiger partial charge in [0.1, 0.15) is 5.69 Å². The molecule has 1 aromatic rings. The Morgan fingerprint density at radius 1 is 1.28 bits per heavy atom. The number of unbranched alkanes of at least 4 members (excludes halogenated alkanes) is 1. The monoisotopic (exact) mass is 347 g/mol. The average molecular weight is 347 g/mol. The Morgan fingerprint density at radius 2 is 2.04 bits per heavy atom. The normalized spacial score (nSPS) is 21.2. The summed E-state index contributed by atoms with van der Waals surface area (Å²) >= 11 is 0. The molecule has 1 unspecified atom stereocenters. The fraction of sp³-hybridized carbons (Fsp3) is 0.706. The minimum Gasteiger partial charge on any atom is -0.382 e. The molecule has 1 saturated heterocycles. The number of nitrogens with two attached hydrogens (primary N) is 1. The number of piperazine rings is 1. The van der Waals surface area contributed by atoms with Crippen molar-refractivity contribution < 1.29 is 4.79 Å². The number of nitrogen functional groups attached to an aromatic ring is 1. The maximum atomic E-state index is 12.4. The van der Waals surface area contributed by atoms with E-state index >= 15 is 0 Å². The first kappa shape index (κ1) is 17.9. The van der Waals surface area contributed by atoms with Gasteiger partial charge in [-0.25, -0.2) is 4.98 Å². The number of carbonyl (C=O) groups is 1. The number of hydrogen-bond donors (Lipinski definition) is 3. The highest BCUT2D eigenvalue weighted by Crippen LogP contribution is 2.37. The molecule has 1 atom stereocenters. The summed E-state index contributed by atoms with van der Waals surface area (Å²) in [6.45, 7) is 8.09. The topological polar surface area (TPSA) is 99.4 Å². The summed E-state index contributed by atoms with van der Waals surface area (Å²) in [5.74, 6) is 0.604. The SMILES string of the molecule is CCCCNc1nc(N)c2c(n1)C(CCN1CCN(C)CC1)C(=O)N2. The molecule has 4 N–H and O–H groups in total. The maximum Gasteiger partial charge on any atom is 0.233 e. The molecule has 0 saturated carbocycles. The number of carbonyl (C=O) groups excluding carboxylic acids is 1. The highest BCUT2D eigenvalue weighted by Gasteiger charge is 2.35. The van der Waals surface area contributed by atoms with E-state index in [1.54, 1.807) is 0 Å². The molecule has 2 aliphatic rings. The molecule has 0 bridgehead atoms. The Balaban J connectivity index is 1.66. The second-order valence-electron chi connectivity index (χ2n) is 6.95. The standard InChI is InChI=1S/C17H29N7O/c1-3-4-6-19-17-21-13-12(16(25)20-14(13)15(18)22-17)5-7-24-10-8-23(2)9-11-24/h12H,3-11H2,1-2H3,(H,20,25)(H3,18,19,21,22). The number of nitrogens with one attached hydrogen (secondary N) is 2. The number of aromatic nitrogens is 2. The Labute approximate surface area is 149 Å². The molecule has 1 fully saturated rings. The highest BCUT2D eigenvalue weighted by molar-refractivity contribution is 6.04. The van der Waals surface area contributed by atoms with E-state index in [2.05, 4.69) is 44.4 Å². The lowest BCUT2D eigenvalue weighted by Crippen LogP contribution is -2.45. The summed E-state index contributed by atoms with van der Waals surface area (Å²) in [6.07, 6.45) is 2.90. The van der Waals surface area contributed by atoms with Gasteiger partial charge in [0.25, 0.3) is 0 Å². The molecule has 8 heteroatoms. The van der Waals surface area contributed by atoms with Gasteiger partial charge in [-0.05, 0) is 26.4 Å². The third-order valence-corrected chi connectivity index (χ3v) is 5.00. The number of amides is 1. The lowest BCUT2D eigenvalue weighted by atomic mass is 10.0. The van der Waals surface area contributed by atoms with Crippen molar-refractivity contribution in [3.63, 3.8) is 0 Å². The van der Waals surface area contributed by atoms with Crippen LogP contribution >= 0.6 is 0 Å². The van der Waals surface area contributed by atoms with E-state index in [-0.39, 0.29) is 11.8 Å². The van der Waals surface area contributed by atoms with Gasteiger partial charge in [0.2, 0.25) is 11.9 Å². The first-order valence-electron chi connectivity index (χ1n) is 9.21. The molecule has 0 spiro atoms. The fourth-order valence-electron chi connectivity index (χ4n) is 3.32. The summed E-state index contributed by atoms with van der Waals surface area (Å²) in [5, 5.41) is 6.07. The first-order valence-corrected chi connectivity index (χ1v) is 9.21. The van der Waals surface area contributed by atoms with E-state index in [4.69, 9.17) is 5.73 Å². The molecule has 0 radical (unpaired) electrons. The quantitative estimate of drug-likeness (QED) is 0.631.